The lowest BCUT2D eigenvalue weighted by Gasteiger charge is -2.27. The summed E-state index contributed by atoms with van der Waals surface area (Å²) in [6.45, 7) is 0.873. The molecule has 132 valence electrons. The standard InChI is InChI=1S/C18H15ClFN5O/c19-11-3-1-4-12(9-11)22-18(26)25-8-6-15-14(10-25)16(24-23-15)13-5-2-7-21-17(13)20/h1-5,7,9H,6,8,10H2,(H,22,26)(H,23,24). The van der Waals surface area contributed by atoms with Crippen LogP contribution in [0.25, 0.3) is 11.3 Å². The maximum Gasteiger partial charge on any atom is 0.322 e. The minimum absolute atomic E-state index is 0.239. The summed E-state index contributed by atoms with van der Waals surface area (Å²) in [5.74, 6) is -0.581. The molecule has 1 aromatic carbocycles. The molecule has 0 aliphatic carbocycles. The Balaban J connectivity index is 1.57. The molecule has 1 aliphatic heterocycles. The summed E-state index contributed by atoms with van der Waals surface area (Å²) >= 11 is 5.95. The fourth-order valence-corrected chi connectivity index (χ4v) is 3.21. The van der Waals surface area contributed by atoms with Crippen molar-refractivity contribution in [3.8, 4) is 11.3 Å². The molecule has 26 heavy (non-hydrogen) atoms. The van der Waals surface area contributed by atoms with Crippen molar-refractivity contribution in [2.75, 3.05) is 11.9 Å². The summed E-state index contributed by atoms with van der Waals surface area (Å²) in [4.78, 5) is 17.9. The number of carbonyl (C=O) groups excluding carboxylic acids is 1. The average Bonchev–Trinajstić information content (AvgIpc) is 3.05. The normalized spacial score (nSPS) is 13.4. The van der Waals surface area contributed by atoms with E-state index in [4.69, 9.17) is 11.6 Å². The zero-order chi connectivity index (χ0) is 18.1. The van der Waals surface area contributed by atoms with Crippen molar-refractivity contribution >= 4 is 23.3 Å². The SMILES string of the molecule is O=C(Nc1cccc(Cl)c1)N1CCc2[nH]nc(-c3cccnc3F)c2C1. The Hall–Kier alpha value is -2.93. The summed E-state index contributed by atoms with van der Waals surface area (Å²) in [7, 11) is 0. The van der Waals surface area contributed by atoms with Crippen LogP contribution in [-0.2, 0) is 13.0 Å². The molecule has 0 radical (unpaired) electrons. The molecule has 0 unspecified atom stereocenters. The maximum absolute atomic E-state index is 14.0. The Labute approximate surface area is 154 Å². The van der Waals surface area contributed by atoms with Crippen LogP contribution in [0.2, 0.25) is 5.02 Å². The molecule has 0 bridgehead atoms. The highest BCUT2D eigenvalue weighted by Crippen LogP contribution is 2.29. The Morgan fingerprint density at radius 3 is 3.00 bits per heavy atom. The molecule has 8 heteroatoms. The molecule has 0 saturated carbocycles. The number of carbonyl (C=O) groups is 1. The summed E-state index contributed by atoms with van der Waals surface area (Å²) < 4.78 is 14.0. The molecule has 0 fully saturated rings. The number of nitrogens with zero attached hydrogens (tertiary/aromatic N) is 3. The summed E-state index contributed by atoms with van der Waals surface area (Å²) in [6.07, 6.45) is 2.01. The number of anilines is 1. The molecule has 3 heterocycles. The molecule has 3 aromatic rings. The third-order valence-electron chi connectivity index (χ3n) is 4.31. The van der Waals surface area contributed by atoms with Gasteiger partial charge in [0, 0.05) is 41.1 Å². The number of hydrogen-bond donors (Lipinski definition) is 2. The van der Waals surface area contributed by atoms with Crippen molar-refractivity contribution in [2.45, 2.75) is 13.0 Å². The number of rotatable bonds is 2. The van der Waals surface area contributed by atoms with E-state index >= 15 is 0 Å². The van der Waals surface area contributed by atoms with Crippen LogP contribution in [0.4, 0.5) is 14.9 Å². The monoisotopic (exact) mass is 371 g/mol. The smallest absolute Gasteiger partial charge is 0.320 e. The van der Waals surface area contributed by atoms with Gasteiger partial charge in [-0.25, -0.2) is 9.78 Å². The molecule has 0 atom stereocenters. The van der Waals surface area contributed by atoms with Gasteiger partial charge in [-0.15, -0.1) is 0 Å². The van der Waals surface area contributed by atoms with Crippen LogP contribution in [0.1, 0.15) is 11.3 Å². The second-order valence-electron chi connectivity index (χ2n) is 5.98. The molecular formula is C18H15ClFN5O. The van der Waals surface area contributed by atoms with Crippen molar-refractivity contribution in [3.63, 3.8) is 0 Å². The second-order valence-corrected chi connectivity index (χ2v) is 6.42. The van der Waals surface area contributed by atoms with E-state index in [0.717, 1.165) is 11.3 Å². The zero-order valence-electron chi connectivity index (χ0n) is 13.7. The number of halogens is 2. The number of amides is 2. The number of hydrogen-bond acceptors (Lipinski definition) is 3. The Kier molecular flexibility index (Phi) is 4.30. The van der Waals surface area contributed by atoms with Gasteiger partial charge in [-0.05, 0) is 30.3 Å². The summed E-state index contributed by atoms with van der Waals surface area (Å²) in [5.41, 5.74) is 3.16. The first-order chi connectivity index (χ1) is 12.6. The van der Waals surface area contributed by atoms with Crippen LogP contribution in [-0.4, -0.2) is 32.7 Å². The Morgan fingerprint density at radius 1 is 1.31 bits per heavy atom. The van der Waals surface area contributed by atoms with E-state index < -0.39 is 5.95 Å². The van der Waals surface area contributed by atoms with E-state index in [1.54, 1.807) is 41.3 Å². The van der Waals surface area contributed by atoms with E-state index in [0.29, 0.717) is 41.5 Å². The van der Waals surface area contributed by atoms with Gasteiger partial charge in [0.2, 0.25) is 5.95 Å². The molecule has 2 amide bonds. The van der Waals surface area contributed by atoms with E-state index in [2.05, 4.69) is 20.5 Å². The third-order valence-corrected chi connectivity index (χ3v) is 4.55. The van der Waals surface area contributed by atoms with Gasteiger partial charge in [0.25, 0.3) is 0 Å². The summed E-state index contributed by atoms with van der Waals surface area (Å²) in [5, 5.41) is 10.6. The van der Waals surface area contributed by atoms with E-state index in [9.17, 15) is 9.18 Å². The van der Waals surface area contributed by atoms with Gasteiger partial charge in [0.1, 0.15) is 5.69 Å². The molecule has 4 rings (SSSR count). The lowest BCUT2D eigenvalue weighted by atomic mass is 10.0. The van der Waals surface area contributed by atoms with Crippen molar-refractivity contribution in [1.82, 2.24) is 20.1 Å². The molecular weight excluding hydrogens is 357 g/mol. The predicted octanol–water partition coefficient (Wildman–Crippen LogP) is 3.85. The number of aromatic nitrogens is 3. The number of aromatic amines is 1. The first-order valence-electron chi connectivity index (χ1n) is 8.10. The number of urea groups is 1. The van der Waals surface area contributed by atoms with Gasteiger partial charge in [-0.2, -0.15) is 9.49 Å². The van der Waals surface area contributed by atoms with Crippen LogP contribution in [0, 0.1) is 5.95 Å². The minimum Gasteiger partial charge on any atom is -0.320 e. The lowest BCUT2D eigenvalue weighted by molar-refractivity contribution is 0.206. The van der Waals surface area contributed by atoms with Gasteiger partial charge in [-0.3, -0.25) is 5.10 Å². The second kappa shape index (κ2) is 6.76. The highest BCUT2D eigenvalue weighted by molar-refractivity contribution is 6.30. The number of nitrogens with one attached hydrogen (secondary N) is 2. The number of fused-ring (bicyclic) bond motifs is 1. The zero-order valence-corrected chi connectivity index (χ0v) is 14.4. The molecule has 6 nitrogen and oxygen atoms in total. The quantitative estimate of drug-likeness (QED) is 0.672. The fourth-order valence-electron chi connectivity index (χ4n) is 3.02. The van der Waals surface area contributed by atoms with Crippen LogP contribution >= 0.6 is 11.6 Å². The highest BCUT2D eigenvalue weighted by atomic mass is 35.5. The average molecular weight is 372 g/mol. The minimum atomic E-state index is -0.581. The molecule has 0 spiro atoms. The van der Waals surface area contributed by atoms with E-state index in [1.165, 1.54) is 6.20 Å². The van der Waals surface area contributed by atoms with E-state index in [-0.39, 0.29) is 6.03 Å². The molecule has 2 aromatic heterocycles. The molecule has 2 N–H and O–H groups in total. The van der Waals surface area contributed by atoms with Crippen LogP contribution < -0.4 is 5.32 Å². The predicted molar refractivity (Wildman–Crippen MR) is 96.4 cm³/mol. The van der Waals surface area contributed by atoms with Crippen molar-refractivity contribution < 1.29 is 9.18 Å². The Bertz CT molecular complexity index is 974. The third kappa shape index (κ3) is 3.13. The largest absolute Gasteiger partial charge is 0.322 e. The first-order valence-corrected chi connectivity index (χ1v) is 8.48. The molecule has 0 saturated heterocycles. The van der Waals surface area contributed by atoms with E-state index in [1.807, 2.05) is 0 Å². The van der Waals surface area contributed by atoms with Gasteiger partial charge >= 0.3 is 6.03 Å². The van der Waals surface area contributed by atoms with Crippen molar-refractivity contribution in [2.24, 2.45) is 0 Å². The fraction of sp³-hybridized carbons (Fsp3) is 0.167. The lowest BCUT2D eigenvalue weighted by Crippen LogP contribution is -2.38. The van der Waals surface area contributed by atoms with Gasteiger partial charge in [0.15, 0.2) is 0 Å². The van der Waals surface area contributed by atoms with Crippen LogP contribution in [0.15, 0.2) is 42.6 Å². The first kappa shape index (κ1) is 16.5. The van der Waals surface area contributed by atoms with Gasteiger partial charge in [0.05, 0.1) is 12.1 Å². The van der Waals surface area contributed by atoms with Gasteiger partial charge < -0.3 is 10.2 Å². The van der Waals surface area contributed by atoms with Crippen molar-refractivity contribution in [1.29, 1.82) is 0 Å². The maximum atomic E-state index is 14.0. The van der Waals surface area contributed by atoms with Crippen LogP contribution in [0.3, 0.4) is 0 Å². The molecule has 1 aliphatic rings. The summed E-state index contributed by atoms with van der Waals surface area (Å²) in [6, 6.07) is 10.0. The van der Waals surface area contributed by atoms with Gasteiger partial charge in [-0.1, -0.05) is 17.7 Å². The Morgan fingerprint density at radius 2 is 2.19 bits per heavy atom. The van der Waals surface area contributed by atoms with Crippen molar-refractivity contribution in [3.05, 3.63) is 64.8 Å². The van der Waals surface area contributed by atoms with Crippen LogP contribution in [0.5, 0.6) is 0 Å². The topological polar surface area (TPSA) is 73.9 Å². The highest BCUT2D eigenvalue weighted by Gasteiger charge is 2.27. The number of benzene rings is 1. The number of pyridine rings is 1. The number of H-pyrrole nitrogens is 1.